The van der Waals surface area contributed by atoms with Crippen LogP contribution in [-0.2, 0) is 19.1 Å². The smallest absolute Gasteiger partial charge is 0.347 e. The Morgan fingerprint density at radius 1 is 1.26 bits per heavy atom. The summed E-state index contributed by atoms with van der Waals surface area (Å²) in [6, 6.07) is 7.69. The Balaban J connectivity index is 2.51. The first-order chi connectivity index (χ1) is 9.02. The van der Waals surface area contributed by atoms with E-state index in [1.807, 2.05) is 31.2 Å². The summed E-state index contributed by atoms with van der Waals surface area (Å²) in [6.45, 7) is 5.43. The Bertz CT molecular complexity index is 460. The third kappa shape index (κ3) is 5.38. The minimum atomic E-state index is -0.893. The van der Waals surface area contributed by atoms with Gasteiger partial charge in [0.25, 0.3) is 0 Å². The lowest BCUT2D eigenvalue weighted by molar-refractivity contribution is -0.163. The maximum atomic E-state index is 11.5. The Kier molecular flexibility index (Phi) is 5.79. The molecule has 0 aliphatic heterocycles. The monoisotopic (exact) mass is 262 g/mol. The van der Waals surface area contributed by atoms with E-state index in [0.29, 0.717) is 0 Å². The molecule has 1 unspecified atom stereocenters. The summed E-state index contributed by atoms with van der Waals surface area (Å²) in [5, 5.41) is 0. The molecule has 0 fully saturated rings. The number of hydrogen-bond donors (Lipinski definition) is 0. The zero-order valence-electron chi connectivity index (χ0n) is 11.4. The third-order valence-corrected chi connectivity index (χ3v) is 2.40. The Morgan fingerprint density at radius 3 is 2.47 bits per heavy atom. The van der Waals surface area contributed by atoms with Crippen LogP contribution in [0.3, 0.4) is 0 Å². The van der Waals surface area contributed by atoms with Gasteiger partial charge in [-0.15, -0.1) is 0 Å². The summed E-state index contributed by atoms with van der Waals surface area (Å²) in [5.41, 5.74) is 2.04. The molecule has 0 N–H and O–H groups in total. The second-order valence-corrected chi connectivity index (χ2v) is 4.08. The van der Waals surface area contributed by atoms with Gasteiger partial charge in [-0.1, -0.05) is 29.8 Å². The van der Waals surface area contributed by atoms with Crippen LogP contribution in [0.15, 0.2) is 30.3 Å². The van der Waals surface area contributed by atoms with E-state index in [1.165, 1.54) is 13.0 Å². The number of rotatable bonds is 5. The first-order valence-corrected chi connectivity index (χ1v) is 6.15. The van der Waals surface area contributed by atoms with E-state index in [1.54, 1.807) is 13.0 Å². The van der Waals surface area contributed by atoms with Gasteiger partial charge < -0.3 is 9.47 Å². The van der Waals surface area contributed by atoms with Crippen LogP contribution >= 0.6 is 0 Å². The van der Waals surface area contributed by atoms with Crippen molar-refractivity contribution >= 4 is 18.0 Å². The summed E-state index contributed by atoms with van der Waals surface area (Å²) in [6.07, 6.45) is 2.04. The second kappa shape index (κ2) is 7.36. The maximum Gasteiger partial charge on any atom is 0.347 e. The highest BCUT2D eigenvalue weighted by molar-refractivity contribution is 5.89. The number of aryl methyl sites for hydroxylation is 1. The van der Waals surface area contributed by atoms with Crippen molar-refractivity contribution in [3.05, 3.63) is 41.5 Å². The van der Waals surface area contributed by atoms with Crippen LogP contribution in [0.1, 0.15) is 25.0 Å². The predicted octanol–water partition coefficient (Wildman–Crippen LogP) is 2.50. The highest BCUT2D eigenvalue weighted by Crippen LogP contribution is 2.05. The van der Waals surface area contributed by atoms with Crippen LogP contribution in [0.25, 0.3) is 6.08 Å². The van der Waals surface area contributed by atoms with Crippen LogP contribution in [0.5, 0.6) is 0 Å². The van der Waals surface area contributed by atoms with Gasteiger partial charge in [0.1, 0.15) is 0 Å². The highest BCUT2D eigenvalue weighted by atomic mass is 16.6. The molecule has 0 saturated carbocycles. The molecule has 4 heteroatoms. The van der Waals surface area contributed by atoms with Crippen LogP contribution < -0.4 is 0 Å². The molecular formula is C15H18O4. The zero-order chi connectivity index (χ0) is 14.3. The van der Waals surface area contributed by atoms with Gasteiger partial charge in [0.05, 0.1) is 6.61 Å². The van der Waals surface area contributed by atoms with Gasteiger partial charge in [0, 0.05) is 6.08 Å². The van der Waals surface area contributed by atoms with Crippen LogP contribution in [0.2, 0.25) is 0 Å². The number of ether oxygens (including phenoxy) is 2. The first-order valence-electron chi connectivity index (χ1n) is 6.15. The van der Waals surface area contributed by atoms with E-state index in [-0.39, 0.29) is 6.61 Å². The molecule has 0 aromatic heterocycles. The second-order valence-electron chi connectivity index (χ2n) is 4.08. The summed E-state index contributed by atoms with van der Waals surface area (Å²) < 4.78 is 9.65. The number of carbonyl (C=O) groups excluding carboxylic acids is 2. The number of carbonyl (C=O) groups is 2. The molecule has 0 amide bonds. The van der Waals surface area contributed by atoms with Crippen LogP contribution in [0.4, 0.5) is 0 Å². The van der Waals surface area contributed by atoms with Gasteiger partial charge in [-0.2, -0.15) is 0 Å². The quantitative estimate of drug-likeness (QED) is 0.604. The van der Waals surface area contributed by atoms with E-state index in [2.05, 4.69) is 0 Å². The molecule has 0 spiro atoms. The van der Waals surface area contributed by atoms with Gasteiger partial charge in [-0.25, -0.2) is 9.59 Å². The van der Waals surface area contributed by atoms with Crippen molar-refractivity contribution in [3.8, 4) is 0 Å². The molecule has 1 rings (SSSR count). The lowest BCUT2D eigenvalue weighted by atomic mass is 10.1. The molecule has 0 bridgehead atoms. The third-order valence-electron chi connectivity index (χ3n) is 2.40. The molecule has 102 valence electrons. The van der Waals surface area contributed by atoms with E-state index in [9.17, 15) is 9.59 Å². The average molecular weight is 262 g/mol. The van der Waals surface area contributed by atoms with Crippen molar-refractivity contribution in [2.24, 2.45) is 0 Å². The number of esters is 2. The topological polar surface area (TPSA) is 52.6 Å². The van der Waals surface area contributed by atoms with E-state index in [4.69, 9.17) is 9.47 Å². The summed E-state index contributed by atoms with van der Waals surface area (Å²) in [5.74, 6) is -1.11. The van der Waals surface area contributed by atoms with Gasteiger partial charge in [0.2, 0.25) is 0 Å². The van der Waals surface area contributed by atoms with Gasteiger partial charge in [-0.05, 0) is 32.4 Å². The normalized spacial score (nSPS) is 12.2. The van der Waals surface area contributed by atoms with Crippen molar-refractivity contribution in [3.63, 3.8) is 0 Å². The Morgan fingerprint density at radius 2 is 1.89 bits per heavy atom. The molecule has 4 nitrogen and oxygen atoms in total. The van der Waals surface area contributed by atoms with Gasteiger partial charge in [0.15, 0.2) is 6.10 Å². The van der Waals surface area contributed by atoms with Gasteiger partial charge in [-0.3, -0.25) is 0 Å². The fourth-order valence-electron chi connectivity index (χ4n) is 1.36. The molecule has 1 aromatic rings. The SMILES string of the molecule is CCOC(=O)C(C)OC(=O)/C=C/c1ccc(C)cc1. The first kappa shape index (κ1) is 15.0. The predicted molar refractivity (Wildman–Crippen MR) is 72.4 cm³/mol. The molecule has 19 heavy (non-hydrogen) atoms. The standard InChI is InChI=1S/C15H18O4/c1-4-18-15(17)12(3)19-14(16)10-9-13-7-5-11(2)6-8-13/h5-10,12H,4H2,1-3H3/b10-9+. The maximum absolute atomic E-state index is 11.5. The van der Waals surface area contributed by atoms with Crippen molar-refractivity contribution in [1.82, 2.24) is 0 Å². The minimum absolute atomic E-state index is 0.264. The number of benzene rings is 1. The Hall–Kier alpha value is -2.10. The molecule has 1 aromatic carbocycles. The molecular weight excluding hydrogens is 244 g/mol. The fourth-order valence-corrected chi connectivity index (χ4v) is 1.36. The van der Waals surface area contributed by atoms with Gasteiger partial charge >= 0.3 is 11.9 Å². The summed E-state index contributed by atoms with van der Waals surface area (Å²) in [4.78, 5) is 22.8. The van der Waals surface area contributed by atoms with E-state index < -0.39 is 18.0 Å². The molecule has 0 heterocycles. The number of hydrogen-bond acceptors (Lipinski definition) is 4. The minimum Gasteiger partial charge on any atom is -0.463 e. The zero-order valence-corrected chi connectivity index (χ0v) is 11.4. The lowest BCUT2D eigenvalue weighted by Crippen LogP contribution is -2.25. The molecule has 0 aliphatic carbocycles. The van der Waals surface area contributed by atoms with Crippen LogP contribution in [-0.4, -0.2) is 24.6 Å². The van der Waals surface area contributed by atoms with Crippen LogP contribution in [0, 0.1) is 6.92 Å². The molecule has 0 radical (unpaired) electrons. The summed E-state index contributed by atoms with van der Waals surface area (Å²) >= 11 is 0. The van der Waals surface area contributed by atoms with E-state index >= 15 is 0 Å². The fraction of sp³-hybridized carbons (Fsp3) is 0.333. The lowest BCUT2D eigenvalue weighted by Gasteiger charge is -2.10. The van der Waals surface area contributed by atoms with E-state index in [0.717, 1.165) is 11.1 Å². The highest BCUT2D eigenvalue weighted by Gasteiger charge is 2.17. The largest absolute Gasteiger partial charge is 0.463 e. The van der Waals surface area contributed by atoms with Crippen molar-refractivity contribution in [2.45, 2.75) is 26.9 Å². The molecule has 0 saturated heterocycles. The Labute approximate surface area is 113 Å². The van der Waals surface area contributed by atoms with Crippen molar-refractivity contribution in [2.75, 3.05) is 6.61 Å². The van der Waals surface area contributed by atoms with Crippen molar-refractivity contribution < 1.29 is 19.1 Å². The summed E-state index contributed by atoms with van der Waals surface area (Å²) in [7, 11) is 0. The molecule has 1 atom stereocenters. The molecule has 0 aliphatic rings. The van der Waals surface area contributed by atoms with Crippen molar-refractivity contribution in [1.29, 1.82) is 0 Å². The average Bonchev–Trinajstić information content (AvgIpc) is 2.38.